The molecule has 1 saturated heterocycles. The Morgan fingerprint density at radius 3 is 2.81 bits per heavy atom. The summed E-state index contributed by atoms with van der Waals surface area (Å²) >= 11 is 1.67. The molecule has 2 heterocycles. The lowest BCUT2D eigenvalue weighted by Gasteiger charge is -2.33. The predicted molar refractivity (Wildman–Crippen MR) is 117 cm³/mol. The maximum Gasteiger partial charge on any atom is 0.310 e. The minimum atomic E-state index is -0.0996. The monoisotopic (exact) mass is 494 g/mol. The third kappa shape index (κ3) is 6.37. The fourth-order valence-corrected chi connectivity index (χ4v) is 3.81. The number of halogens is 1. The number of hydrogen-bond donors (Lipinski definition) is 1. The highest BCUT2D eigenvalue weighted by Crippen LogP contribution is 2.24. The molecule has 1 aliphatic heterocycles. The Morgan fingerprint density at radius 2 is 2.23 bits per heavy atom. The lowest BCUT2D eigenvalue weighted by atomic mass is 9.93. The van der Waals surface area contributed by atoms with Gasteiger partial charge in [0, 0.05) is 30.9 Å². The molecule has 0 amide bonds. The summed E-state index contributed by atoms with van der Waals surface area (Å²) in [5.41, 5.74) is 1.18. The van der Waals surface area contributed by atoms with Gasteiger partial charge < -0.3 is 15.0 Å². The minimum Gasteiger partial charge on any atom is -0.466 e. The third-order valence-electron chi connectivity index (χ3n) is 4.27. The Hall–Kier alpha value is -0.900. The van der Waals surface area contributed by atoms with Crippen LogP contribution in [-0.2, 0) is 21.5 Å². The molecule has 2 rings (SSSR count). The number of ether oxygens (including phenoxy) is 1. The lowest BCUT2D eigenvalue weighted by molar-refractivity contribution is -0.149. The van der Waals surface area contributed by atoms with Gasteiger partial charge in [-0.1, -0.05) is 20.8 Å². The Bertz CT molecular complexity index is 613. The number of guanidine groups is 1. The average molecular weight is 494 g/mol. The number of thiazole rings is 1. The first-order valence-electron chi connectivity index (χ1n) is 8.92. The van der Waals surface area contributed by atoms with Crippen molar-refractivity contribution < 1.29 is 9.53 Å². The molecule has 0 spiro atoms. The topological polar surface area (TPSA) is 66.8 Å². The zero-order chi connectivity index (χ0) is 18.4. The zero-order valence-electron chi connectivity index (χ0n) is 16.4. The molecule has 0 saturated carbocycles. The standard InChI is InChI=1S/C18H30N4O2S.HI/c1-6-24-16(23)13-8-7-9-22(11-13)17(19-5)20-10-15-21-14(12-25-15)18(2,3)4;/h12-13H,6-11H2,1-5H3,(H,19,20);1H. The van der Waals surface area contributed by atoms with Crippen molar-refractivity contribution in [3.63, 3.8) is 0 Å². The molecule has 0 aliphatic carbocycles. The smallest absolute Gasteiger partial charge is 0.310 e. The second-order valence-electron chi connectivity index (χ2n) is 7.31. The summed E-state index contributed by atoms with van der Waals surface area (Å²) in [5.74, 6) is 0.651. The van der Waals surface area contributed by atoms with E-state index >= 15 is 0 Å². The van der Waals surface area contributed by atoms with E-state index in [2.05, 4.69) is 41.4 Å². The zero-order valence-corrected chi connectivity index (χ0v) is 19.5. The van der Waals surface area contributed by atoms with Gasteiger partial charge in [-0.25, -0.2) is 4.98 Å². The summed E-state index contributed by atoms with van der Waals surface area (Å²) in [7, 11) is 1.78. The van der Waals surface area contributed by atoms with Crippen molar-refractivity contribution in [1.29, 1.82) is 0 Å². The van der Waals surface area contributed by atoms with Crippen LogP contribution in [0.15, 0.2) is 10.4 Å². The Morgan fingerprint density at radius 1 is 1.50 bits per heavy atom. The third-order valence-corrected chi connectivity index (χ3v) is 5.12. The van der Waals surface area contributed by atoms with Gasteiger partial charge >= 0.3 is 5.97 Å². The Balaban J connectivity index is 0.00000338. The van der Waals surface area contributed by atoms with Crippen LogP contribution in [0.25, 0.3) is 0 Å². The summed E-state index contributed by atoms with van der Waals surface area (Å²) < 4.78 is 5.17. The van der Waals surface area contributed by atoms with Gasteiger partial charge in [-0.15, -0.1) is 35.3 Å². The SMILES string of the molecule is CCOC(=O)C1CCCN(C(=NC)NCc2nc(C(C)(C)C)cs2)C1.I. The van der Waals surface area contributed by atoms with Gasteiger partial charge in [0.25, 0.3) is 0 Å². The van der Waals surface area contributed by atoms with Crippen LogP contribution in [0.1, 0.15) is 51.2 Å². The van der Waals surface area contributed by atoms with Gasteiger partial charge in [-0.05, 0) is 19.8 Å². The normalized spacial score (nSPS) is 18.3. The van der Waals surface area contributed by atoms with Crippen LogP contribution in [0.3, 0.4) is 0 Å². The largest absolute Gasteiger partial charge is 0.466 e. The van der Waals surface area contributed by atoms with Gasteiger partial charge in [-0.3, -0.25) is 9.79 Å². The first-order chi connectivity index (χ1) is 11.8. The van der Waals surface area contributed by atoms with Gasteiger partial charge in [0.2, 0.25) is 0 Å². The minimum absolute atomic E-state index is 0. The van der Waals surface area contributed by atoms with Crippen molar-refractivity contribution in [2.24, 2.45) is 10.9 Å². The maximum absolute atomic E-state index is 12.0. The number of carbonyl (C=O) groups is 1. The van der Waals surface area contributed by atoms with Crippen molar-refractivity contribution in [2.45, 2.75) is 52.5 Å². The van der Waals surface area contributed by atoms with E-state index in [1.165, 1.54) is 0 Å². The molecule has 1 atom stereocenters. The van der Waals surface area contributed by atoms with E-state index in [9.17, 15) is 4.79 Å². The van der Waals surface area contributed by atoms with Crippen molar-refractivity contribution in [1.82, 2.24) is 15.2 Å². The molecule has 1 aromatic rings. The number of esters is 1. The number of hydrogen-bond acceptors (Lipinski definition) is 5. The Kier molecular flexibility index (Phi) is 9.29. The van der Waals surface area contributed by atoms with Crippen LogP contribution in [0.5, 0.6) is 0 Å². The van der Waals surface area contributed by atoms with E-state index in [4.69, 9.17) is 9.72 Å². The number of rotatable bonds is 4. The van der Waals surface area contributed by atoms with Crippen molar-refractivity contribution >= 4 is 47.2 Å². The van der Waals surface area contributed by atoms with E-state index in [1.54, 1.807) is 18.4 Å². The molecule has 0 bridgehead atoms. The Labute approximate surface area is 177 Å². The van der Waals surface area contributed by atoms with Gasteiger partial charge in [0.05, 0.1) is 24.8 Å². The van der Waals surface area contributed by atoms with Crippen molar-refractivity contribution in [3.8, 4) is 0 Å². The first-order valence-corrected chi connectivity index (χ1v) is 9.80. The molecule has 148 valence electrons. The summed E-state index contributed by atoms with van der Waals surface area (Å²) in [6.45, 7) is 11.0. The molecule has 1 aliphatic rings. The van der Waals surface area contributed by atoms with Crippen molar-refractivity contribution in [3.05, 3.63) is 16.1 Å². The fraction of sp³-hybridized carbons (Fsp3) is 0.722. The lowest BCUT2D eigenvalue weighted by Crippen LogP contribution is -2.48. The summed E-state index contributed by atoms with van der Waals surface area (Å²) in [5, 5.41) is 6.55. The highest BCUT2D eigenvalue weighted by Gasteiger charge is 2.28. The summed E-state index contributed by atoms with van der Waals surface area (Å²) in [4.78, 5) is 23.2. The van der Waals surface area contributed by atoms with Crippen LogP contribution in [-0.4, -0.2) is 48.6 Å². The van der Waals surface area contributed by atoms with E-state index < -0.39 is 0 Å². The summed E-state index contributed by atoms with van der Waals surface area (Å²) in [6.07, 6.45) is 1.85. The van der Waals surface area contributed by atoms with E-state index in [0.29, 0.717) is 19.7 Å². The molecule has 1 fully saturated rings. The second-order valence-corrected chi connectivity index (χ2v) is 8.26. The number of aromatic nitrogens is 1. The van der Waals surface area contributed by atoms with Crippen LogP contribution in [0, 0.1) is 5.92 Å². The van der Waals surface area contributed by atoms with Gasteiger partial charge in [0.15, 0.2) is 5.96 Å². The molecule has 8 heteroatoms. The molecular weight excluding hydrogens is 463 g/mol. The number of nitrogens with one attached hydrogen (secondary N) is 1. The van der Waals surface area contributed by atoms with E-state index in [0.717, 1.165) is 36.0 Å². The van der Waals surface area contributed by atoms with Gasteiger partial charge in [-0.2, -0.15) is 0 Å². The first kappa shape index (κ1) is 23.1. The molecule has 0 radical (unpaired) electrons. The molecular formula is C18H31IN4O2S. The maximum atomic E-state index is 12.0. The predicted octanol–water partition coefficient (Wildman–Crippen LogP) is 3.41. The summed E-state index contributed by atoms with van der Waals surface area (Å²) in [6, 6.07) is 0. The number of nitrogens with zero attached hydrogens (tertiary/aromatic N) is 3. The number of piperidine rings is 1. The highest BCUT2D eigenvalue weighted by molar-refractivity contribution is 14.0. The highest BCUT2D eigenvalue weighted by atomic mass is 127. The fourth-order valence-electron chi connectivity index (χ4n) is 2.85. The quantitative estimate of drug-likeness (QED) is 0.301. The van der Waals surface area contributed by atoms with Crippen LogP contribution >= 0.6 is 35.3 Å². The van der Waals surface area contributed by atoms with E-state index in [1.807, 2.05) is 6.92 Å². The molecule has 26 heavy (non-hydrogen) atoms. The molecule has 1 aromatic heterocycles. The number of aliphatic imine (C=N–C) groups is 1. The van der Waals surface area contributed by atoms with Crippen LogP contribution in [0.2, 0.25) is 0 Å². The number of likely N-dealkylation sites (tertiary alicyclic amines) is 1. The average Bonchev–Trinajstić information content (AvgIpc) is 3.05. The van der Waals surface area contributed by atoms with Crippen molar-refractivity contribution in [2.75, 3.05) is 26.7 Å². The van der Waals surface area contributed by atoms with E-state index in [-0.39, 0.29) is 41.3 Å². The molecule has 1 unspecified atom stereocenters. The number of carbonyl (C=O) groups excluding carboxylic acids is 1. The molecule has 1 N–H and O–H groups in total. The molecule has 0 aromatic carbocycles. The van der Waals surface area contributed by atoms with Crippen LogP contribution < -0.4 is 5.32 Å². The van der Waals surface area contributed by atoms with Crippen LogP contribution in [0.4, 0.5) is 0 Å². The molecule has 6 nitrogen and oxygen atoms in total. The second kappa shape index (κ2) is 10.4. The van der Waals surface area contributed by atoms with Gasteiger partial charge in [0.1, 0.15) is 5.01 Å².